The van der Waals surface area contributed by atoms with Crippen LogP contribution in [0.1, 0.15) is 32.1 Å². The zero-order chi connectivity index (χ0) is 12.6. The van der Waals surface area contributed by atoms with Gasteiger partial charge in [-0.15, -0.1) is 12.4 Å². The summed E-state index contributed by atoms with van der Waals surface area (Å²) in [5.74, 6) is 2.04. The zero-order valence-corrected chi connectivity index (χ0v) is 12.4. The first-order chi connectivity index (χ1) is 8.76. The van der Waals surface area contributed by atoms with Crippen molar-refractivity contribution in [1.29, 1.82) is 0 Å². The summed E-state index contributed by atoms with van der Waals surface area (Å²) in [6, 6.07) is 0. The van der Waals surface area contributed by atoms with Gasteiger partial charge in [0.05, 0.1) is 12.1 Å². The van der Waals surface area contributed by atoms with Crippen molar-refractivity contribution in [3.63, 3.8) is 0 Å². The Balaban J connectivity index is 0.00000133. The highest BCUT2D eigenvalue weighted by Gasteiger charge is 2.56. The Kier molecular flexibility index (Phi) is 4.75. The maximum atomic E-state index is 12.1. The quantitative estimate of drug-likeness (QED) is 0.803. The van der Waals surface area contributed by atoms with Gasteiger partial charge < -0.3 is 15.4 Å². The Labute approximate surface area is 121 Å². The SMILES string of the molecule is COCC1(CNC(=O)C2C3CCCC32)CCCN1.Cl. The average molecular weight is 289 g/mol. The van der Waals surface area contributed by atoms with Gasteiger partial charge in [0.2, 0.25) is 5.91 Å². The van der Waals surface area contributed by atoms with Crippen molar-refractivity contribution in [2.24, 2.45) is 17.8 Å². The minimum absolute atomic E-state index is 0. The number of carbonyl (C=O) groups is 1. The Hall–Kier alpha value is -0.320. The van der Waals surface area contributed by atoms with Crippen LogP contribution in [0.2, 0.25) is 0 Å². The third kappa shape index (κ3) is 2.91. The smallest absolute Gasteiger partial charge is 0.223 e. The standard InChI is InChI=1S/C14H24N2O2.ClH/c1-18-9-14(6-3-7-16-14)8-15-13(17)12-10-4-2-5-11(10)12;/h10-12,16H,2-9H2,1H3,(H,15,17);1H. The number of methoxy groups -OCH3 is 1. The lowest BCUT2D eigenvalue weighted by Crippen LogP contribution is -2.53. The molecule has 5 heteroatoms. The normalized spacial score (nSPS) is 39.5. The highest BCUT2D eigenvalue weighted by atomic mass is 35.5. The first kappa shape index (κ1) is 15.1. The molecule has 1 aliphatic heterocycles. The number of carbonyl (C=O) groups excluding carboxylic acids is 1. The third-order valence-corrected chi connectivity index (χ3v) is 5.06. The minimum atomic E-state index is -0.0194. The lowest BCUT2D eigenvalue weighted by Gasteiger charge is -2.29. The van der Waals surface area contributed by atoms with E-state index in [0.29, 0.717) is 24.4 Å². The molecule has 4 nitrogen and oxygen atoms in total. The van der Waals surface area contributed by atoms with Crippen molar-refractivity contribution in [2.45, 2.75) is 37.6 Å². The van der Waals surface area contributed by atoms with Crippen molar-refractivity contribution in [1.82, 2.24) is 10.6 Å². The van der Waals surface area contributed by atoms with Crippen LogP contribution in [-0.4, -0.2) is 38.3 Å². The molecule has 0 radical (unpaired) electrons. The summed E-state index contributed by atoms with van der Waals surface area (Å²) >= 11 is 0. The number of nitrogens with one attached hydrogen (secondary N) is 2. The first-order valence-electron chi connectivity index (χ1n) is 7.27. The van der Waals surface area contributed by atoms with Crippen LogP contribution in [0.3, 0.4) is 0 Å². The summed E-state index contributed by atoms with van der Waals surface area (Å²) in [4.78, 5) is 12.1. The maximum Gasteiger partial charge on any atom is 0.223 e. The number of halogens is 1. The van der Waals surface area contributed by atoms with Crippen molar-refractivity contribution >= 4 is 18.3 Å². The third-order valence-electron chi connectivity index (χ3n) is 5.06. The summed E-state index contributed by atoms with van der Waals surface area (Å²) in [7, 11) is 1.73. The van der Waals surface area contributed by atoms with Gasteiger partial charge in [-0.25, -0.2) is 0 Å². The Morgan fingerprint density at radius 3 is 2.68 bits per heavy atom. The molecular formula is C14H25ClN2O2. The van der Waals surface area contributed by atoms with E-state index in [-0.39, 0.29) is 23.9 Å². The molecule has 1 amide bonds. The fourth-order valence-electron chi connectivity index (χ4n) is 4.05. The number of ether oxygens (including phenoxy) is 1. The Bertz CT molecular complexity index is 321. The average Bonchev–Trinajstić information content (AvgIpc) is 2.77. The van der Waals surface area contributed by atoms with Crippen molar-refractivity contribution in [2.75, 3.05) is 26.8 Å². The molecule has 0 bridgehead atoms. The fraction of sp³-hybridized carbons (Fsp3) is 0.929. The molecule has 110 valence electrons. The molecule has 0 spiro atoms. The van der Waals surface area contributed by atoms with Gasteiger partial charge in [0.15, 0.2) is 0 Å². The molecule has 3 aliphatic rings. The van der Waals surface area contributed by atoms with E-state index in [1.54, 1.807) is 7.11 Å². The molecule has 0 aromatic carbocycles. The Morgan fingerprint density at radius 2 is 2.11 bits per heavy atom. The van der Waals surface area contributed by atoms with Crippen molar-refractivity contribution in [3.05, 3.63) is 0 Å². The summed E-state index contributed by atoms with van der Waals surface area (Å²) in [6.07, 6.45) is 6.13. The highest BCUT2D eigenvalue weighted by Crippen LogP contribution is 2.57. The van der Waals surface area contributed by atoms with Crippen LogP contribution in [-0.2, 0) is 9.53 Å². The monoisotopic (exact) mass is 288 g/mol. The summed E-state index contributed by atoms with van der Waals surface area (Å²) in [5, 5.41) is 6.66. The second-order valence-electron chi connectivity index (χ2n) is 6.25. The summed E-state index contributed by atoms with van der Waals surface area (Å²) in [6.45, 7) is 2.44. The molecule has 0 aromatic rings. The molecule has 2 N–H and O–H groups in total. The Morgan fingerprint density at radius 1 is 1.37 bits per heavy atom. The predicted molar refractivity (Wildman–Crippen MR) is 76.4 cm³/mol. The minimum Gasteiger partial charge on any atom is -0.383 e. The summed E-state index contributed by atoms with van der Waals surface area (Å²) < 4.78 is 5.30. The van der Waals surface area contributed by atoms with Crippen molar-refractivity contribution < 1.29 is 9.53 Å². The lowest BCUT2D eigenvalue weighted by atomic mass is 9.98. The predicted octanol–water partition coefficient (Wildman–Crippen LogP) is 1.34. The zero-order valence-electron chi connectivity index (χ0n) is 11.6. The number of hydrogen-bond donors (Lipinski definition) is 2. The second kappa shape index (κ2) is 5.98. The van der Waals surface area contributed by atoms with Gasteiger partial charge in [-0.2, -0.15) is 0 Å². The van der Waals surface area contributed by atoms with Gasteiger partial charge in [-0.3, -0.25) is 4.79 Å². The molecule has 3 fully saturated rings. The van der Waals surface area contributed by atoms with Gasteiger partial charge in [0.1, 0.15) is 0 Å². The van der Waals surface area contributed by atoms with Gasteiger partial charge >= 0.3 is 0 Å². The van der Waals surface area contributed by atoms with Crippen LogP contribution in [0.25, 0.3) is 0 Å². The van der Waals surface area contributed by atoms with E-state index in [9.17, 15) is 4.79 Å². The van der Waals surface area contributed by atoms with E-state index in [1.807, 2.05) is 0 Å². The molecule has 1 saturated heterocycles. The molecule has 0 aromatic heterocycles. The van der Waals surface area contributed by atoms with Gasteiger partial charge in [0.25, 0.3) is 0 Å². The molecule has 19 heavy (non-hydrogen) atoms. The number of rotatable bonds is 5. The van der Waals surface area contributed by atoms with Crippen LogP contribution in [0, 0.1) is 17.8 Å². The highest BCUT2D eigenvalue weighted by molar-refractivity contribution is 5.85. The molecule has 3 unspecified atom stereocenters. The summed E-state index contributed by atoms with van der Waals surface area (Å²) in [5.41, 5.74) is -0.0194. The van der Waals surface area contributed by atoms with Crippen LogP contribution in [0.15, 0.2) is 0 Å². The molecule has 1 heterocycles. The fourth-order valence-corrected chi connectivity index (χ4v) is 4.05. The molecule has 2 aliphatic carbocycles. The number of amides is 1. The van der Waals surface area contributed by atoms with Gasteiger partial charge in [0, 0.05) is 19.6 Å². The first-order valence-corrected chi connectivity index (χ1v) is 7.27. The molecule has 2 saturated carbocycles. The van der Waals surface area contributed by atoms with E-state index in [4.69, 9.17) is 4.74 Å². The van der Waals surface area contributed by atoms with Crippen LogP contribution >= 0.6 is 12.4 Å². The lowest BCUT2D eigenvalue weighted by molar-refractivity contribution is -0.123. The second-order valence-corrected chi connectivity index (χ2v) is 6.25. The van der Waals surface area contributed by atoms with E-state index < -0.39 is 0 Å². The molecule has 3 rings (SSSR count). The van der Waals surface area contributed by atoms with Crippen molar-refractivity contribution in [3.8, 4) is 0 Å². The maximum absolute atomic E-state index is 12.1. The van der Waals surface area contributed by atoms with E-state index >= 15 is 0 Å². The van der Waals surface area contributed by atoms with Crippen LogP contribution in [0.4, 0.5) is 0 Å². The van der Waals surface area contributed by atoms with Crippen LogP contribution in [0.5, 0.6) is 0 Å². The van der Waals surface area contributed by atoms with Gasteiger partial charge in [-0.1, -0.05) is 6.42 Å². The van der Waals surface area contributed by atoms with E-state index in [0.717, 1.165) is 19.5 Å². The van der Waals surface area contributed by atoms with E-state index in [1.165, 1.54) is 25.7 Å². The van der Waals surface area contributed by atoms with Gasteiger partial charge in [-0.05, 0) is 44.1 Å². The topological polar surface area (TPSA) is 50.4 Å². The number of hydrogen-bond acceptors (Lipinski definition) is 3. The molecule has 3 atom stereocenters. The largest absolute Gasteiger partial charge is 0.383 e. The number of fused-ring (bicyclic) bond motifs is 1. The van der Waals surface area contributed by atoms with E-state index in [2.05, 4.69) is 10.6 Å². The van der Waals surface area contributed by atoms with Crippen LogP contribution < -0.4 is 10.6 Å². The molecular weight excluding hydrogens is 264 g/mol.